The van der Waals surface area contributed by atoms with Crippen LogP contribution in [0.15, 0.2) is 10.7 Å². The van der Waals surface area contributed by atoms with Crippen LogP contribution in [0.4, 0.5) is 0 Å². The van der Waals surface area contributed by atoms with Gasteiger partial charge in [0.25, 0.3) is 0 Å². The molecule has 0 spiro atoms. The van der Waals surface area contributed by atoms with Crippen LogP contribution in [-0.4, -0.2) is 9.78 Å². The second-order valence-electron chi connectivity index (χ2n) is 4.90. The molecule has 90 valence electrons. The summed E-state index contributed by atoms with van der Waals surface area (Å²) in [4.78, 5) is 0. The average Bonchev–Trinajstić information content (AvgIpc) is 2.86. The largest absolute Gasteiger partial charge is 0.322 e. The lowest BCUT2D eigenvalue weighted by Gasteiger charge is -2.34. The van der Waals surface area contributed by atoms with Crippen molar-refractivity contribution in [1.82, 2.24) is 9.78 Å². The lowest BCUT2D eigenvalue weighted by Crippen LogP contribution is -2.33. The highest BCUT2D eigenvalue weighted by molar-refractivity contribution is 9.10. The molecule has 0 aromatic carbocycles. The Morgan fingerprint density at radius 2 is 2.19 bits per heavy atom. The molecule has 2 N–H and O–H groups in total. The second-order valence-corrected chi connectivity index (χ2v) is 5.76. The Balaban J connectivity index is 2.33. The fourth-order valence-electron chi connectivity index (χ4n) is 3.02. The van der Waals surface area contributed by atoms with Gasteiger partial charge in [-0.2, -0.15) is 5.10 Å². The van der Waals surface area contributed by atoms with Crippen molar-refractivity contribution in [3.63, 3.8) is 0 Å². The number of aromatic nitrogens is 2. The molecule has 1 saturated carbocycles. The molecule has 3 nitrogen and oxygen atoms in total. The third-order valence-electron chi connectivity index (χ3n) is 4.20. The van der Waals surface area contributed by atoms with Crippen molar-refractivity contribution >= 4 is 15.9 Å². The normalized spacial score (nSPS) is 21.2. The Hall–Kier alpha value is -0.350. The van der Waals surface area contributed by atoms with Crippen molar-refractivity contribution in [2.45, 2.75) is 45.1 Å². The number of aryl methyl sites for hydroxylation is 1. The monoisotopic (exact) mass is 285 g/mol. The number of hydrogen-bond donors (Lipinski definition) is 1. The van der Waals surface area contributed by atoms with Crippen molar-refractivity contribution in [3.05, 3.63) is 16.4 Å². The summed E-state index contributed by atoms with van der Waals surface area (Å²) in [7, 11) is 1.97. The minimum Gasteiger partial charge on any atom is -0.322 e. The zero-order valence-electron chi connectivity index (χ0n) is 10.0. The summed E-state index contributed by atoms with van der Waals surface area (Å²) in [5, 5.41) is 4.26. The molecule has 1 fully saturated rings. The van der Waals surface area contributed by atoms with Gasteiger partial charge in [-0.3, -0.25) is 4.68 Å². The fraction of sp³-hybridized carbons (Fsp3) is 0.750. The van der Waals surface area contributed by atoms with Gasteiger partial charge in [-0.15, -0.1) is 0 Å². The quantitative estimate of drug-likeness (QED) is 0.927. The molecule has 0 saturated heterocycles. The molecular weight excluding hydrogens is 266 g/mol. The van der Waals surface area contributed by atoms with Gasteiger partial charge in [0, 0.05) is 7.05 Å². The van der Waals surface area contributed by atoms with E-state index in [9.17, 15) is 0 Å². The Kier molecular flexibility index (Phi) is 3.40. The molecular formula is C12H20BrN3. The molecule has 0 amide bonds. The molecule has 16 heavy (non-hydrogen) atoms. The lowest BCUT2D eigenvalue weighted by atomic mass is 9.75. The highest BCUT2D eigenvalue weighted by Crippen LogP contribution is 2.49. The molecule has 4 heteroatoms. The fourth-order valence-corrected chi connectivity index (χ4v) is 3.62. The van der Waals surface area contributed by atoms with Crippen LogP contribution in [0.1, 0.15) is 50.8 Å². The maximum atomic E-state index is 6.50. The first-order chi connectivity index (χ1) is 7.60. The van der Waals surface area contributed by atoms with E-state index < -0.39 is 0 Å². The Morgan fingerprint density at radius 1 is 1.56 bits per heavy atom. The van der Waals surface area contributed by atoms with E-state index >= 15 is 0 Å². The van der Waals surface area contributed by atoms with E-state index in [-0.39, 0.29) is 11.5 Å². The van der Waals surface area contributed by atoms with Gasteiger partial charge in [0.15, 0.2) is 0 Å². The highest BCUT2D eigenvalue weighted by atomic mass is 79.9. The number of halogens is 1. The van der Waals surface area contributed by atoms with Gasteiger partial charge in [-0.05, 0) is 40.6 Å². The van der Waals surface area contributed by atoms with Gasteiger partial charge < -0.3 is 5.73 Å². The maximum Gasteiger partial charge on any atom is 0.0695 e. The van der Waals surface area contributed by atoms with Crippen LogP contribution in [0, 0.1) is 5.41 Å². The number of hydrogen-bond acceptors (Lipinski definition) is 2. The van der Waals surface area contributed by atoms with Gasteiger partial charge in [0.1, 0.15) is 0 Å². The van der Waals surface area contributed by atoms with E-state index in [0.29, 0.717) is 0 Å². The van der Waals surface area contributed by atoms with Gasteiger partial charge in [-0.25, -0.2) is 0 Å². The van der Waals surface area contributed by atoms with Crippen LogP contribution in [0.2, 0.25) is 0 Å². The lowest BCUT2D eigenvalue weighted by molar-refractivity contribution is 0.214. The summed E-state index contributed by atoms with van der Waals surface area (Å²) < 4.78 is 2.95. The molecule has 0 radical (unpaired) electrons. The minimum absolute atomic E-state index is 0.0990. The van der Waals surface area contributed by atoms with Crippen molar-refractivity contribution in [1.29, 1.82) is 0 Å². The predicted molar refractivity (Wildman–Crippen MR) is 69.0 cm³/mol. The topological polar surface area (TPSA) is 43.8 Å². The summed E-state index contributed by atoms with van der Waals surface area (Å²) in [6, 6.07) is 0.0990. The number of nitrogens with two attached hydrogens (primary N) is 1. The van der Waals surface area contributed by atoms with Crippen molar-refractivity contribution in [3.8, 4) is 0 Å². The molecule has 1 aliphatic carbocycles. The van der Waals surface area contributed by atoms with Gasteiger partial charge in [0.05, 0.1) is 22.4 Å². The highest BCUT2D eigenvalue weighted by Gasteiger charge is 2.40. The van der Waals surface area contributed by atoms with Gasteiger partial charge in [0.2, 0.25) is 0 Å². The number of nitrogens with zero attached hydrogens (tertiary/aromatic N) is 2. The van der Waals surface area contributed by atoms with E-state index in [0.717, 1.165) is 16.6 Å². The Labute approximate surface area is 106 Å². The molecule has 1 atom stereocenters. The van der Waals surface area contributed by atoms with Gasteiger partial charge in [-0.1, -0.05) is 19.8 Å². The maximum absolute atomic E-state index is 6.50. The van der Waals surface area contributed by atoms with Crippen LogP contribution in [0.5, 0.6) is 0 Å². The first-order valence-electron chi connectivity index (χ1n) is 6.04. The Morgan fingerprint density at radius 3 is 2.62 bits per heavy atom. The van der Waals surface area contributed by atoms with Crippen LogP contribution < -0.4 is 5.73 Å². The zero-order chi connectivity index (χ0) is 11.8. The molecule has 1 aliphatic rings. The van der Waals surface area contributed by atoms with E-state index in [2.05, 4.69) is 28.0 Å². The molecule has 1 unspecified atom stereocenters. The molecule has 1 heterocycles. The zero-order valence-corrected chi connectivity index (χ0v) is 11.6. The molecule has 0 aliphatic heterocycles. The minimum atomic E-state index is 0.0990. The molecule has 0 bridgehead atoms. The van der Waals surface area contributed by atoms with E-state index in [1.165, 1.54) is 25.7 Å². The summed E-state index contributed by atoms with van der Waals surface area (Å²) in [5.74, 6) is 0. The SMILES string of the molecule is CCC1(C(N)c2c(Br)cnn2C)CCCC1. The second kappa shape index (κ2) is 4.49. The van der Waals surface area contributed by atoms with Gasteiger partial charge >= 0.3 is 0 Å². The van der Waals surface area contributed by atoms with E-state index in [4.69, 9.17) is 5.73 Å². The standard InChI is InChI=1S/C12H20BrN3/c1-3-12(6-4-5-7-12)11(14)10-9(13)8-15-16(10)2/h8,11H,3-7,14H2,1-2H3. The third-order valence-corrected chi connectivity index (χ3v) is 4.81. The number of rotatable bonds is 3. The molecule has 2 rings (SSSR count). The van der Waals surface area contributed by atoms with Crippen molar-refractivity contribution in [2.24, 2.45) is 18.2 Å². The van der Waals surface area contributed by atoms with E-state index in [1.807, 2.05) is 17.9 Å². The molecule has 1 aromatic rings. The first kappa shape index (κ1) is 12.1. The Bertz CT molecular complexity index is 347. The third kappa shape index (κ3) is 1.82. The summed E-state index contributed by atoms with van der Waals surface area (Å²) in [5.41, 5.74) is 7.93. The first-order valence-corrected chi connectivity index (χ1v) is 6.83. The molecule has 1 aromatic heterocycles. The van der Waals surface area contributed by atoms with Crippen LogP contribution >= 0.6 is 15.9 Å². The van der Waals surface area contributed by atoms with Crippen LogP contribution in [0.3, 0.4) is 0 Å². The predicted octanol–water partition coefficient (Wildman–Crippen LogP) is 3.15. The smallest absolute Gasteiger partial charge is 0.0695 e. The summed E-state index contributed by atoms with van der Waals surface area (Å²) >= 11 is 3.55. The van der Waals surface area contributed by atoms with E-state index in [1.54, 1.807) is 0 Å². The van der Waals surface area contributed by atoms with Crippen molar-refractivity contribution in [2.75, 3.05) is 0 Å². The summed E-state index contributed by atoms with van der Waals surface area (Å²) in [6.07, 6.45) is 8.14. The van der Waals surface area contributed by atoms with Crippen molar-refractivity contribution < 1.29 is 0 Å². The summed E-state index contributed by atoms with van der Waals surface area (Å²) in [6.45, 7) is 2.26. The van der Waals surface area contributed by atoms with Crippen LogP contribution in [0.25, 0.3) is 0 Å². The average molecular weight is 286 g/mol. The van der Waals surface area contributed by atoms with Crippen LogP contribution in [-0.2, 0) is 7.05 Å².